The van der Waals surface area contributed by atoms with Crippen LogP contribution in [0.4, 0.5) is 4.79 Å². The smallest absolute Gasteiger partial charge is 0.407 e. The first-order chi connectivity index (χ1) is 24.7. The van der Waals surface area contributed by atoms with Gasteiger partial charge in [0.15, 0.2) is 0 Å². The summed E-state index contributed by atoms with van der Waals surface area (Å²) in [6.45, 7) is 0.434. The van der Waals surface area contributed by atoms with E-state index in [0.717, 1.165) is 40.7 Å². The van der Waals surface area contributed by atoms with Gasteiger partial charge in [-0.05, 0) is 34.2 Å². The van der Waals surface area contributed by atoms with E-state index in [1.54, 1.807) is 30.3 Å². The molecule has 5 N–H and O–H groups in total. The average Bonchev–Trinajstić information content (AvgIpc) is 3.46. The van der Waals surface area contributed by atoms with Gasteiger partial charge in [-0.25, -0.2) is 9.59 Å². The van der Waals surface area contributed by atoms with E-state index in [1.165, 1.54) is 0 Å². The minimum Gasteiger partial charge on any atom is -0.464 e. The van der Waals surface area contributed by atoms with Gasteiger partial charge in [-0.1, -0.05) is 92.2 Å². The molecule has 0 unspecified atom stereocenters. The van der Waals surface area contributed by atoms with Crippen LogP contribution < -0.4 is 26.6 Å². The molecule has 3 aromatic carbocycles. The van der Waals surface area contributed by atoms with E-state index in [2.05, 4.69) is 26.6 Å². The molecule has 0 saturated heterocycles. The normalized spacial score (nSPS) is 12.0. The maximum atomic E-state index is 13.0. The van der Waals surface area contributed by atoms with Crippen molar-refractivity contribution in [2.24, 2.45) is 0 Å². The van der Waals surface area contributed by atoms with Gasteiger partial charge in [0.2, 0.25) is 23.6 Å². The number of alkyl carbamates (subject to hydrolysis) is 1. The molecule has 0 fully saturated rings. The van der Waals surface area contributed by atoms with Gasteiger partial charge in [0.1, 0.15) is 32.5 Å². The number of amides is 5. The van der Waals surface area contributed by atoms with Crippen LogP contribution in [0.3, 0.4) is 0 Å². The zero-order valence-corrected chi connectivity index (χ0v) is 28.4. The summed E-state index contributed by atoms with van der Waals surface area (Å²) < 4.78 is 15.5. The van der Waals surface area contributed by atoms with E-state index in [1.807, 2.05) is 55.5 Å². The predicted molar refractivity (Wildman–Crippen MR) is 186 cm³/mol. The lowest BCUT2D eigenvalue weighted by Gasteiger charge is -2.19. The van der Waals surface area contributed by atoms with Gasteiger partial charge in [0.25, 0.3) is 0 Å². The molecule has 14 nitrogen and oxygen atoms in total. The molecule has 1 atom stereocenters. The summed E-state index contributed by atoms with van der Waals surface area (Å²) in [4.78, 5) is 74.3. The zero-order valence-electron chi connectivity index (χ0n) is 28.4. The highest BCUT2D eigenvalue weighted by molar-refractivity contribution is 5.92. The molecule has 5 amide bonds. The second-order valence-corrected chi connectivity index (χ2v) is 11.7. The lowest BCUT2D eigenvalue weighted by molar-refractivity contribution is -0.150. The monoisotopic (exact) mass is 701 g/mol. The molecule has 270 valence electrons. The highest BCUT2D eigenvalue weighted by Crippen LogP contribution is 2.44. The summed E-state index contributed by atoms with van der Waals surface area (Å²) in [6.07, 6.45) is 0.955. The second-order valence-electron chi connectivity index (χ2n) is 11.7. The first-order valence-corrected chi connectivity index (χ1v) is 16.7. The molecule has 0 saturated carbocycles. The molecule has 0 bridgehead atoms. The minimum atomic E-state index is -1.07. The summed E-state index contributed by atoms with van der Waals surface area (Å²) in [5, 5.41) is 12.3. The summed E-state index contributed by atoms with van der Waals surface area (Å²) in [5.41, 5.74) is 5.04. The fraction of sp³-hybridized carbons (Fsp3) is 0.351. The Morgan fingerprint density at radius 3 is 1.98 bits per heavy atom. The number of nitrogens with one attached hydrogen (secondary N) is 5. The van der Waals surface area contributed by atoms with Crippen molar-refractivity contribution in [3.63, 3.8) is 0 Å². The van der Waals surface area contributed by atoms with Gasteiger partial charge in [0, 0.05) is 12.3 Å². The number of esters is 1. The highest BCUT2D eigenvalue weighted by atomic mass is 16.6. The molecule has 3 aromatic rings. The van der Waals surface area contributed by atoms with Crippen molar-refractivity contribution in [3.8, 4) is 11.1 Å². The molecule has 51 heavy (non-hydrogen) atoms. The molecule has 0 heterocycles. The van der Waals surface area contributed by atoms with Crippen LogP contribution in [0.2, 0.25) is 0 Å². The Bertz CT molecular complexity index is 1620. The zero-order chi connectivity index (χ0) is 36.4. The Morgan fingerprint density at radius 2 is 1.29 bits per heavy atom. The van der Waals surface area contributed by atoms with Crippen LogP contribution in [0.25, 0.3) is 11.1 Å². The first-order valence-electron chi connectivity index (χ1n) is 16.7. The molecule has 0 spiro atoms. The Labute approximate surface area is 296 Å². The van der Waals surface area contributed by atoms with Crippen LogP contribution in [-0.4, -0.2) is 87.9 Å². The maximum Gasteiger partial charge on any atom is 0.407 e. The number of carbonyl (C=O) groups is 6. The highest BCUT2D eigenvalue weighted by Gasteiger charge is 2.29. The van der Waals surface area contributed by atoms with Gasteiger partial charge >= 0.3 is 12.1 Å². The SMILES string of the molecule is CCCCOC(=O)COCNC(=O)CNC(=O)[C@H](Cc1ccccc1)NC(=O)CNC(=O)CNC(=O)OCC1c2ccccc2-c2ccccc21. The third kappa shape index (κ3) is 12.3. The van der Waals surface area contributed by atoms with Gasteiger partial charge in [-0.2, -0.15) is 0 Å². The topological polar surface area (TPSA) is 190 Å². The van der Waals surface area contributed by atoms with Crippen LogP contribution in [0.5, 0.6) is 0 Å². The molecule has 0 aromatic heterocycles. The number of hydrogen-bond donors (Lipinski definition) is 5. The Kier molecular flexibility index (Phi) is 15.0. The number of fused-ring (bicyclic) bond motifs is 3. The molecule has 1 aliphatic rings. The van der Waals surface area contributed by atoms with Crippen LogP contribution in [0, 0.1) is 0 Å². The molecular weight excluding hydrogens is 658 g/mol. The van der Waals surface area contributed by atoms with Crippen molar-refractivity contribution >= 4 is 35.7 Å². The van der Waals surface area contributed by atoms with Crippen molar-refractivity contribution < 1.29 is 43.0 Å². The Hall–Kier alpha value is -5.76. The fourth-order valence-corrected chi connectivity index (χ4v) is 5.34. The molecular formula is C37H43N5O9. The quantitative estimate of drug-likeness (QED) is 0.0707. The number of benzene rings is 3. The minimum absolute atomic E-state index is 0.0832. The molecule has 4 rings (SSSR count). The van der Waals surface area contributed by atoms with Gasteiger partial charge in [0.05, 0.1) is 19.7 Å². The van der Waals surface area contributed by atoms with Gasteiger partial charge < -0.3 is 40.8 Å². The number of ether oxygens (including phenoxy) is 3. The molecule has 0 radical (unpaired) electrons. The number of rotatable bonds is 19. The molecule has 0 aliphatic heterocycles. The van der Waals surface area contributed by atoms with E-state index in [9.17, 15) is 28.8 Å². The first kappa shape index (κ1) is 38.0. The van der Waals surface area contributed by atoms with Crippen LogP contribution >= 0.6 is 0 Å². The van der Waals surface area contributed by atoms with Crippen molar-refractivity contribution in [3.05, 3.63) is 95.6 Å². The summed E-state index contributed by atoms with van der Waals surface area (Å²) in [5.74, 6) is -3.20. The Morgan fingerprint density at radius 1 is 0.686 bits per heavy atom. The van der Waals surface area contributed by atoms with E-state index >= 15 is 0 Å². The van der Waals surface area contributed by atoms with Crippen LogP contribution in [0.15, 0.2) is 78.9 Å². The third-order valence-corrected chi connectivity index (χ3v) is 7.89. The van der Waals surface area contributed by atoms with Gasteiger partial charge in [-0.3, -0.25) is 19.2 Å². The molecule has 14 heteroatoms. The second kappa shape index (κ2) is 20.0. The summed E-state index contributed by atoms with van der Waals surface area (Å²) in [6, 6.07) is 23.7. The number of unbranched alkanes of at least 4 members (excludes halogenated alkanes) is 1. The van der Waals surface area contributed by atoms with E-state index in [0.29, 0.717) is 6.61 Å². The largest absolute Gasteiger partial charge is 0.464 e. The summed E-state index contributed by atoms with van der Waals surface area (Å²) in [7, 11) is 0. The van der Waals surface area contributed by atoms with Crippen LogP contribution in [-0.2, 0) is 44.6 Å². The lowest BCUT2D eigenvalue weighted by Crippen LogP contribution is -2.52. The van der Waals surface area contributed by atoms with Crippen molar-refractivity contribution in [1.29, 1.82) is 0 Å². The number of hydrogen-bond acceptors (Lipinski definition) is 9. The average molecular weight is 702 g/mol. The molecule has 1 aliphatic carbocycles. The van der Waals surface area contributed by atoms with E-state index in [-0.39, 0.29) is 32.3 Å². The maximum absolute atomic E-state index is 13.0. The van der Waals surface area contributed by atoms with Crippen LogP contribution in [0.1, 0.15) is 42.4 Å². The summed E-state index contributed by atoms with van der Waals surface area (Å²) >= 11 is 0. The lowest BCUT2D eigenvalue weighted by atomic mass is 9.98. The third-order valence-electron chi connectivity index (χ3n) is 7.89. The van der Waals surface area contributed by atoms with Crippen molar-refractivity contribution in [1.82, 2.24) is 26.6 Å². The van der Waals surface area contributed by atoms with E-state index < -0.39 is 61.4 Å². The van der Waals surface area contributed by atoms with E-state index in [4.69, 9.17) is 14.2 Å². The predicted octanol–water partition coefficient (Wildman–Crippen LogP) is 1.92. The van der Waals surface area contributed by atoms with Crippen molar-refractivity contribution in [2.75, 3.05) is 46.2 Å². The Balaban J connectivity index is 1.17. The van der Waals surface area contributed by atoms with Gasteiger partial charge in [-0.15, -0.1) is 0 Å². The fourth-order valence-electron chi connectivity index (χ4n) is 5.34. The van der Waals surface area contributed by atoms with Crippen molar-refractivity contribution in [2.45, 2.75) is 38.1 Å². The number of carbonyl (C=O) groups excluding carboxylic acids is 6. The standard InChI is InChI=1S/C37H43N5O9/c1-2-3-17-50-35(46)23-49-24-41-33(44)19-39-36(47)31(18-25-11-5-4-6-12-25)42-34(45)21-38-32(43)20-40-37(48)51-22-30-28-15-9-7-13-26(28)27-14-8-10-16-29(27)30/h4-16,30-31H,2-3,17-24H2,1H3,(H,38,43)(H,39,47)(H,40,48)(H,41,44)(H,42,45)/t31-/m0/s1.